The van der Waals surface area contributed by atoms with Crippen molar-refractivity contribution < 1.29 is 0 Å². The Morgan fingerprint density at radius 2 is 2.15 bits per heavy atom. The second-order valence-electron chi connectivity index (χ2n) is 5.80. The Morgan fingerprint density at radius 1 is 1.40 bits per heavy atom. The summed E-state index contributed by atoms with van der Waals surface area (Å²) in [4.78, 5) is 6.72. The van der Waals surface area contributed by atoms with Gasteiger partial charge >= 0.3 is 0 Å². The molecular formula is C15H25N5. The largest absolute Gasteiger partial charge is 0.310 e. The number of hydrogen-bond acceptors (Lipinski definition) is 4. The Bertz CT molecular complexity index is 573. The van der Waals surface area contributed by atoms with E-state index in [2.05, 4.69) is 47.4 Å². The van der Waals surface area contributed by atoms with Crippen LogP contribution in [0.15, 0.2) is 12.3 Å². The number of aromatic nitrogens is 3. The maximum absolute atomic E-state index is 4.51. The molecule has 0 aliphatic heterocycles. The van der Waals surface area contributed by atoms with Crippen molar-refractivity contribution in [2.75, 3.05) is 20.6 Å². The van der Waals surface area contributed by atoms with Crippen LogP contribution in [0.1, 0.15) is 24.6 Å². The van der Waals surface area contributed by atoms with E-state index in [1.807, 2.05) is 24.9 Å². The fourth-order valence-corrected chi connectivity index (χ4v) is 2.29. The van der Waals surface area contributed by atoms with Crippen molar-refractivity contribution >= 4 is 11.0 Å². The molecule has 2 aromatic rings. The third-order valence-electron chi connectivity index (χ3n) is 3.58. The summed E-state index contributed by atoms with van der Waals surface area (Å²) in [5.41, 5.74) is 3.20. The van der Waals surface area contributed by atoms with E-state index in [1.165, 1.54) is 5.56 Å². The summed E-state index contributed by atoms with van der Waals surface area (Å²) in [6.07, 6.45) is 3.09. The molecule has 0 bridgehead atoms. The molecule has 0 radical (unpaired) electrons. The van der Waals surface area contributed by atoms with Crippen LogP contribution in [0.3, 0.4) is 0 Å². The van der Waals surface area contributed by atoms with Crippen LogP contribution in [0.5, 0.6) is 0 Å². The zero-order chi connectivity index (χ0) is 14.7. The van der Waals surface area contributed by atoms with Crippen LogP contribution >= 0.6 is 0 Å². The van der Waals surface area contributed by atoms with Crippen LogP contribution in [0.2, 0.25) is 0 Å². The van der Waals surface area contributed by atoms with E-state index in [0.29, 0.717) is 6.04 Å². The second kappa shape index (κ2) is 6.33. The molecule has 0 aliphatic rings. The maximum atomic E-state index is 4.51. The van der Waals surface area contributed by atoms with E-state index in [0.717, 1.165) is 36.2 Å². The quantitative estimate of drug-likeness (QED) is 0.872. The van der Waals surface area contributed by atoms with E-state index in [4.69, 9.17) is 0 Å². The lowest BCUT2D eigenvalue weighted by atomic mass is 10.2. The number of rotatable bonds is 6. The van der Waals surface area contributed by atoms with Gasteiger partial charge in [0, 0.05) is 31.2 Å². The summed E-state index contributed by atoms with van der Waals surface area (Å²) in [6, 6.07) is 2.69. The van der Waals surface area contributed by atoms with Crippen LogP contribution in [0.4, 0.5) is 0 Å². The predicted molar refractivity (Wildman–Crippen MR) is 82.7 cm³/mol. The average Bonchev–Trinajstić information content (AvgIpc) is 2.69. The summed E-state index contributed by atoms with van der Waals surface area (Å²) in [5, 5.41) is 9.10. The highest BCUT2D eigenvalue weighted by molar-refractivity contribution is 5.78. The second-order valence-corrected chi connectivity index (χ2v) is 5.80. The van der Waals surface area contributed by atoms with Crippen LogP contribution in [-0.2, 0) is 13.6 Å². The van der Waals surface area contributed by atoms with Crippen LogP contribution in [-0.4, -0.2) is 46.3 Å². The Labute approximate surface area is 121 Å². The number of fused-ring (bicyclic) bond motifs is 1. The molecular weight excluding hydrogens is 250 g/mol. The van der Waals surface area contributed by atoms with E-state index >= 15 is 0 Å². The van der Waals surface area contributed by atoms with Crippen LogP contribution in [0, 0.1) is 6.92 Å². The fraction of sp³-hybridized carbons (Fsp3) is 0.600. The lowest BCUT2D eigenvalue weighted by molar-refractivity contribution is 0.365. The monoisotopic (exact) mass is 275 g/mol. The molecule has 0 amide bonds. The first-order valence-corrected chi connectivity index (χ1v) is 7.13. The minimum absolute atomic E-state index is 0.503. The van der Waals surface area contributed by atoms with Gasteiger partial charge in [0.05, 0.1) is 5.69 Å². The van der Waals surface area contributed by atoms with Crippen LogP contribution in [0.25, 0.3) is 11.0 Å². The van der Waals surface area contributed by atoms with Gasteiger partial charge in [-0.25, -0.2) is 4.98 Å². The Morgan fingerprint density at radius 3 is 2.85 bits per heavy atom. The number of pyridine rings is 1. The first kappa shape index (κ1) is 14.9. The van der Waals surface area contributed by atoms with Crippen molar-refractivity contribution in [1.29, 1.82) is 0 Å². The summed E-state index contributed by atoms with van der Waals surface area (Å²) >= 11 is 0. The van der Waals surface area contributed by atoms with Gasteiger partial charge in [-0.1, -0.05) is 0 Å². The van der Waals surface area contributed by atoms with Crippen molar-refractivity contribution in [1.82, 2.24) is 25.0 Å². The van der Waals surface area contributed by atoms with Gasteiger partial charge in [0.2, 0.25) is 0 Å². The highest BCUT2D eigenvalue weighted by Gasteiger charge is 2.08. The predicted octanol–water partition coefficient (Wildman–Crippen LogP) is 1.71. The van der Waals surface area contributed by atoms with Crippen molar-refractivity contribution in [3.63, 3.8) is 0 Å². The standard InChI is InChI=1S/C15H25N5/c1-11(6-7-19(3)4)16-9-13-8-14-12(2)18-20(5)15(14)17-10-13/h8,10-11,16H,6-7,9H2,1-5H3. The summed E-state index contributed by atoms with van der Waals surface area (Å²) in [5.74, 6) is 0. The molecule has 0 saturated carbocycles. The van der Waals surface area contributed by atoms with Gasteiger partial charge < -0.3 is 10.2 Å². The van der Waals surface area contributed by atoms with E-state index in [9.17, 15) is 0 Å². The summed E-state index contributed by atoms with van der Waals surface area (Å²) < 4.78 is 1.83. The van der Waals surface area contributed by atoms with Gasteiger partial charge in [-0.2, -0.15) is 5.10 Å². The molecule has 1 unspecified atom stereocenters. The highest BCUT2D eigenvalue weighted by atomic mass is 15.3. The molecule has 1 N–H and O–H groups in total. The molecule has 5 nitrogen and oxygen atoms in total. The van der Waals surface area contributed by atoms with Gasteiger partial charge in [-0.15, -0.1) is 0 Å². The minimum atomic E-state index is 0.503. The Kier molecular flexibility index (Phi) is 4.73. The first-order valence-electron chi connectivity index (χ1n) is 7.13. The average molecular weight is 275 g/mol. The fourth-order valence-electron chi connectivity index (χ4n) is 2.29. The number of aryl methyl sites for hydroxylation is 2. The van der Waals surface area contributed by atoms with Crippen molar-refractivity contribution in [2.45, 2.75) is 32.9 Å². The molecule has 2 heterocycles. The molecule has 0 saturated heterocycles. The smallest absolute Gasteiger partial charge is 0.157 e. The minimum Gasteiger partial charge on any atom is -0.310 e. The third-order valence-corrected chi connectivity index (χ3v) is 3.58. The molecule has 5 heteroatoms. The molecule has 0 spiro atoms. The molecule has 0 fully saturated rings. The molecule has 20 heavy (non-hydrogen) atoms. The molecule has 0 aliphatic carbocycles. The van der Waals surface area contributed by atoms with Gasteiger partial charge in [-0.05, 0) is 52.5 Å². The van der Waals surface area contributed by atoms with Gasteiger partial charge in [0.25, 0.3) is 0 Å². The molecule has 110 valence electrons. The van der Waals surface area contributed by atoms with E-state index < -0.39 is 0 Å². The number of nitrogens with zero attached hydrogens (tertiary/aromatic N) is 4. The Hall–Kier alpha value is -1.46. The third kappa shape index (κ3) is 3.55. The lowest BCUT2D eigenvalue weighted by Crippen LogP contribution is -2.29. The van der Waals surface area contributed by atoms with Crippen molar-refractivity contribution in [2.24, 2.45) is 7.05 Å². The maximum Gasteiger partial charge on any atom is 0.157 e. The first-order chi connectivity index (χ1) is 9.47. The lowest BCUT2D eigenvalue weighted by Gasteiger charge is -2.16. The van der Waals surface area contributed by atoms with Crippen molar-refractivity contribution in [3.05, 3.63) is 23.5 Å². The van der Waals surface area contributed by atoms with E-state index in [-0.39, 0.29) is 0 Å². The zero-order valence-corrected chi connectivity index (χ0v) is 13.1. The highest BCUT2D eigenvalue weighted by Crippen LogP contribution is 2.16. The number of hydrogen-bond donors (Lipinski definition) is 1. The molecule has 2 aromatic heterocycles. The van der Waals surface area contributed by atoms with Crippen LogP contribution < -0.4 is 5.32 Å². The summed E-state index contributed by atoms with van der Waals surface area (Å²) in [6.45, 7) is 6.21. The Balaban J connectivity index is 1.98. The zero-order valence-electron chi connectivity index (χ0n) is 13.1. The topological polar surface area (TPSA) is 46.0 Å². The van der Waals surface area contributed by atoms with Gasteiger partial charge in [0.1, 0.15) is 0 Å². The summed E-state index contributed by atoms with van der Waals surface area (Å²) in [7, 11) is 6.15. The van der Waals surface area contributed by atoms with Gasteiger partial charge in [0.15, 0.2) is 5.65 Å². The molecule has 2 rings (SSSR count). The normalized spacial score (nSPS) is 13.3. The molecule has 0 aromatic carbocycles. The number of nitrogens with one attached hydrogen (secondary N) is 1. The van der Waals surface area contributed by atoms with Crippen molar-refractivity contribution in [3.8, 4) is 0 Å². The SMILES string of the molecule is Cc1nn(C)c2ncc(CNC(C)CCN(C)C)cc12. The van der Waals surface area contributed by atoms with Gasteiger partial charge in [-0.3, -0.25) is 4.68 Å². The molecule has 1 atom stereocenters. The van der Waals surface area contributed by atoms with E-state index in [1.54, 1.807) is 0 Å².